The van der Waals surface area contributed by atoms with Crippen LogP contribution in [-0.2, 0) is 26.9 Å². The normalized spacial score (nSPS) is 11.5. The van der Waals surface area contributed by atoms with E-state index in [9.17, 15) is 13.2 Å². The lowest BCUT2D eigenvalue weighted by Crippen LogP contribution is -2.27. The van der Waals surface area contributed by atoms with Gasteiger partial charge in [0, 0.05) is 6.54 Å². The minimum Gasteiger partial charge on any atom is -0.465 e. The first-order valence-corrected chi connectivity index (χ1v) is 10.2. The predicted octanol–water partition coefficient (Wildman–Crippen LogP) is 3.26. The van der Waals surface area contributed by atoms with Crippen LogP contribution in [-0.4, -0.2) is 28.0 Å². The van der Waals surface area contributed by atoms with Crippen molar-refractivity contribution in [2.24, 2.45) is 0 Å². The lowest BCUT2D eigenvalue weighted by Gasteiger charge is -2.09. The molecule has 0 radical (unpaired) electrons. The van der Waals surface area contributed by atoms with Crippen LogP contribution in [0, 0.1) is 0 Å². The van der Waals surface area contributed by atoms with Gasteiger partial charge in [0.2, 0.25) is 10.0 Å². The van der Waals surface area contributed by atoms with Crippen LogP contribution in [0.5, 0.6) is 0 Å². The minimum atomic E-state index is -3.43. The Morgan fingerprint density at radius 2 is 1.58 bits per heavy atom. The number of sulfonamides is 1. The molecule has 0 saturated carbocycles. The van der Waals surface area contributed by atoms with Crippen molar-refractivity contribution in [3.05, 3.63) is 70.8 Å². The van der Waals surface area contributed by atoms with Crippen molar-refractivity contribution in [3.63, 3.8) is 0 Å². The number of carbonyl (C=O) groups excluding carboxylic acids is 1. The molecule has 0 spiro atoms. The summed E-state index contributed by atoms with van der Waals surface area (Å²) in [6, 6.07) is 14.6. The largest absolute Gasteiger partial charge is 0.465 e. The maximum Gasteiger partial charge on any atom is 0.337 e. The zero-order chi connectivity index (χ0) is 19.2. The summed E-state index contributed by atoms with van der Waals surface area (Å²) in [5.74, 6) is -0.0880. The molecular formula is C20H25NO4S. The zero-order valence-electron chi connectivity index (χ0n) is 15.4. The second kappa shape index (κ2) is 8.96. The van der Waals surface area contributed by atoms with Crippen molar-refractivity contribution in [2.45, 2.75) is 31.9 Å². The Morgan fingerprint density at radius 1 is 1.00 bits per heavy atom. The molecule has 2 rings (SSSR count). The molecule has 2 aromatic carbocycles. The molecular weight excluding hydrogens is 350 g/mol. The van der Waals surface area contributed by atoms with Crippen LogP contribution in [0.4, 0.5) is 0 Å². The van der Waals surface area contributed by atoms with E-state index in [1.165, 1.54) is 12.7 Å². The summed E-state index contributed by atoms with van der Waals surface area (Å²) >= 11 is 0. The van der Waals surface area contributed by atoms with Crippen LogP contribution in [0.1, 0.15) is 46.8 Å². The van der Waals surface area contributed by atoms with Gasteiger partial charge in [0.1, 0.15) is 0 Å². The summed E-state index contributed by atoms with van der Waals surface area (Å²) in [6.07, 6.45) is 0.638. The van der Waals surface area contributed by atoms with Crippen molar-refractivity contribution < 1.29 is 17.9 Å². The molecule has 0 amide bonds. The number of ether oxygens (including phenoxy) is 1. The van der Waals surface area contributed by atoms with Gasteiger partial charge in [-0.2, -0.15) is 0 Å². The van der Waals surface area contributed by atoms with Gasteiger partial charge >= 0.3 is 5.97 Å². The van der Waals surface area contributed by atoms with E-state index in [0.717, 1.165) is 5.56 Å². The molecule has 0 atom stereocenters. The van der Waals surface area contributed by atoms with Crippen molar-refractivity contribution >= 4 is 16.0 Å². The van der Waals surface area contributed by atoms with Crippen LogP contribution in [0.25, 0.3) is 0 Å². The van der Waals surface area contributed by atoms with Gasteiger partial charge < -0.3 is 4.74 Å². The first-order valence-electron chi connectivity index (χ1n) is 8.54. The van der Waals surface area contributed by atoms with Crippen LogP contribution in [0.3, 0.4) is 0 Å². The summed E-state index contributed by atoms with van der Waals surface area (Å²) < 4.78 is 31.7. The number of hydrogen-bond donors (Lipinski definition) is 1. The SMILES string of the molecule is COC(=O)c1ccc(CS(=O)(=O)NCCc2ccc(C(C)C)cc2)cc1. The van der Waals surface area contributed by atoms with Gasteiger partial charge in [0.15, 0.2) is 0 Å². The molecule has 140 valence electrons. The number of methoxy groups -OCH3 is 1. The van der Waals surface area contributed by atoms with E-state index in [1.807, 2.05) is 12.1 Å². The summed E-state index contributed by atoms with van der Waals surface area (Å²) in [6.45, 7) is 4.63. The monoisotopic (exact) mass is 375 g/mol. The molecule has 0 saturated heterocycles. The summed E-state index contributed by atoms with van der Waals surface area (Å²) in [5, 5.41) is 0. The fourth-order valence-corrected chi connectivity index (χ4v) is 3.69. The third-order valence-electron chi connectivity index (χ3n) is 4.11. The van der Waals surface area contributed by atoms with Crippen LogP contribution in [0.2, 0.25) is 0 Å². The average molecular weight is 375 g/mol. The molecule has 5 nitrogen and oxygen atoms in total. The van der Waals surface area contributed by atoms with Crippen molar-refractivity contribution in [1.82, 2.24) is 4.72 Å². The second-order valence-corrected chi connectivity index (χ2v) is 8.30. The Kier molecular flexibility index (Phi) is 6.94. The van der Waals surface area contributed by atoms with Crippen LogP contribution in [0.15, 0.2) is 48.5 Å². The van der Waals surface area contributed by atoms with Crippen molar-refractivity contribution in [1.29, 1.82) is 0 Å². The number of hydrogen-bond acceptors (Lipinski definition) is 4. The van der Waals surface area contributed by atoms with Crippen LogP contribution < -0.4 is 4.72 Å². The van der Waals surface area contributed by atoms with Crippen LogP contribution >= 0.6 is 0 Å². The topological polar surface area (TPSA) is 72.5 Å². The number of esters is 1. The second-order valence-electron chi connectivity index (χ2n) is 6.49. The first-order chi connectivity index (χ1) is 12.3. The molecule has 0 aliphatic carbocycles. The van der Waals surface area contributed by atoms with Gasteiger partial charge in [0.25, 0.3) is 0 Å². The number of carbonyl (C=O) groups is 1. The molecule has 0 heterocycles. The molecule has 0 aromatic heterocycles. The molecule has 2 aromatic rings. The number of rotatable bonds is 8. The summed E-state index contributed by atoms with van der Waals surface area (Å²) in [7, 11) is -2.12. The Balaban J connectivity index is 1.87. The maximum atomic E-state index is 12.2. The Morgan fingerprint density at radius 3 is 2.12 bits per heavy atom. The smallest absolute Gasteiger partial charge is 0.337 e. The van der Waals surface area contributed by atoms with E-state index >= 15 is 0 Å². The average Bonchev–Trinajstić information content (AvgIpc) is 2.61. The van der Waals surface area contributed by atoms with Crippen molar-refractivity contribution in [3.8, 4) is 0 Å². The van der Waals surface area contributed by atoms with Gasteiger partial charge in [-0.1, -0.05) is 50.2 Å². The lowest BCUT2D eigenvalue weighted by molar-refractivity contribution is 0.0600. The van der Waals surface area contributed by atoms with Gasteiger partial charge in [-0.3, -0.25) is 0 Å². The third kappa shape index (κ3) is 5.97. The van der Waals surface area contributed by atoms with E-state index in [-0.39, 0.29) is 5.75 Å². The van der Waals surface area contributed by atoms with E-state index in [1.54, 1.807) is 24.3 Å². The highest BCUT2D eigenvalue weighted by Gasteiger charge is 2.12. The summed E-state index contributed by atoms with van der Waals surface area (Å²) in [4.78, 5) is 11.4. The lowest BCUT2D eigenvalue weighted by atomic mass is 10.0. The highest BCUT2D eigenvalue weighted by atomic mass is 32.2. The fraction of sp³-hybridized carbons (Fsp3) is 0.350. The molecule has 0 aliphatic rings. The molecule has 0 bridgehead atoms. The predicted molar refractivity (Wildman–Crippen MR) is 103 cm³/mol. The molecule has 0 aliphatic heterocycles. The van der Waals surface area contributed by atoms with E-state index < -0.39 is 16.0 Å². The molecule has 0 unspecified atom stereocenters. The van der Waals surface area contributed by atoms with E-state index in [2.05, 4.69) is 35.4 Å². The van der Waals surface area contributed by atoms with Gasteiger partial charge in [-0.05, 0) is 41.2 Å². The first kappa shape index (κ1) is 20.1. The zero-order valence-corrected chi connectivity index (χ0v) is 16.2. The third-order valence-corrected chi connectivity index (χ3v) is 5.47. The fourth-order valence-electron chi connectivity index (χ4n) is 2.55. The molecule has 6 heteroatoms. The molecule has 0 fully saturated rings. The summed E-state index contributed by atoms with van der Waals surface area (Å²) in [5.41, 5.74) is 3.38. The Labute approximate surface area is 155 Å². The van der Waals surface area contributed by atoms with Gasteiger partial charge in [-0.15, -0.1) is 0 Å². The van der Waals surface area contributed by atoms with Gasteiger partial charge in [-0.25, -0.2) is 17.9 Å². The minimum absolute atomic E-state index is 0.124. The molecule has 26 heavy (non-hydrogen) atoms. The van der Waals surface area contributed by atoms with Gasteiger partial charge in [0.05, 0.1) is 18.4 Å². The van der Waals surface area contributed by atoms with E-state index in [4.69, 9.17) is 0 Å². The Bertz CT molecular complexity index is 825. The maximum absolute atomic E-state index is 12.2. The molecule has 1 N–H and O–H groups in total. The number of nitrogens with one attached hydrogen (secondary N) is 1. The number of benzene rings is 2. The van der Waals surface area contributed by atoms with E-state index in [0.29, 0.717) is 30.0 Å². The quantitative estimate of drug-likeness (QED) is 0.719. The van der Waals surface area contributed by atoms with Crippen molar-refractivity contribution in [2.75, 3.05) is 13.7 Å². The Hall–Kier alpha value is -2.18. The standard InChI is InChI=1S/C20H25NO4S/c1-15(2)18-8-4-16(5-9-18)12-13-21-26(23,24)14-17-6-10-19(11-7-17)20(22)25-3/h4-11,15,21H,12-14H2,1-3H3. The highest BCUT2D eigenvalue weighted by molar-refractivity contribution is 7.88. The highest BCUT2D eigenvalue weighted by Crippen LogP contribution is 2.15.